The van der Waals surface area contributed by atoms with Gasteiger partial charge in [0.25, 0.3) is 5.91 Å². The van der Waals surface area contributed by atoms with E-state index in [-0.39, 0.29) is 5.92 Å². The van der Waals surface area contributed by atoms with Crippen molar-refractivity contribution in [1.82, 2.24) is 4.98 Å². The maximum Gasteiger partial charge on any atom is 0.417 e. The number of ether oxygens (including phenoxy) is 2. The summed E-state index contributed by atoms with van der Waals surface area (Å²) >= 11 is 0. The number of nitrogens with zero attached hydrogens (tertiary/aromatic N) is 2. The number of halogens is 3. The van der Waals surface area contributed by atoms with E-state index in [9.17, 15) is 22.8 Å². The molecule has 1 aliphatic heterocycles. The number of aromatic nitrogens is 1. The summed E-state index contributed by atoms with van der Waals surface area (Å²) in [6.45, 7) is 0.512. The average molecular weight is 437 g/mol. The van der Waals surface area contributed by atoms with Gasteiger partial charge in [0, 0.05) is 25.0 Å². The highest BCUT2D eigenvalue weighted by Gasteiger charge is 2.31. The van der Waals surface area contributed by atoms with Gasteiger partial charge in [-0.25, -0.2) is 4.98 Å². The number of rotatable bonds is 6. The zero-order valence-corrected chi connectivity index (χ0v) is 16.8. The van der Waals surface area contributed by atoms with Gasteiger partial charge in [0.15, 0.2) is 6.61 Å². The van der Waals surface area contributed by atoms with Crippen LogP contribution in [-0.4, -0.2) is 43.7 Å². The second-order valence-corrected chi connectivity index (χ2v) is 7.05. The van der Waals surface area contributed by atoms with Crippen LogP contribution in [0.4, 0.5) is 24.7 Å². The molecule has 1 amide bonds. The lowest BCUT2D eigenvalue weighted by molar-refractivity contribution is -0.152. The number of anilines is 2. The maximum atomic E-state index is 12.6. The van der Waals surface area contributed by atoms with Crippen LogP contribution in [-0.2, 0) is 20.5 Å². The minimum atomic E-state index is -4.43. The number of methoxy groups -OCH3 is 1. The normalized spacial score (nSPS) is 14.8. The van der Waals surface area contributed by atoms with Crippen molar-refractivity contribution < 1.29 is 32.2 Å². The summed E-state index contributed by atoms with van der Waals surface area (Å²) < 4.78 is 48.1. The van der Waals surface area contributed by atoms with Crippen molar-refractivity contribution in [2.24, 2.45) is 5.92 Å². The fraction of sp³-hybridized carbons (Fsp3) is 0.381. The Labute approximate surface area is 177 Å². The first-order valence-corrected chi connectivity index (χ1v) is 9.65. The summed E-state index contributed by atoms with van der Waals surface area (Å²) in [6.07, 6.45) is -2.71. The molecule has 0 atom stereocenters. The van der Waals surface area contributed by atoms with E-state index in [1.165, 1.54) is 13.2 Å². The Kier molecular flexibility index (Phi) is 6.98. The van der Waals surface area contributed by atoms with E-state index in [4.69, 9.17) is 9.47 Å². The summed E-state index contributed by atoms with van der Waals surface area (Å²) in [5.41, 5.74) is -0.248. The number of esters is 1. The van der Waals surface area contributed by atoms with Crippen LogP contribution in [0.1, 0.15) is 18.4 Å². The number of hydrogen-bond donors (Lipinski definition) is 1. The second-order valence-electron chi connectivity index (χ2n) is 7.05. The molecule has 1 saturated heterocycles. The van der Waals surface area contributed by atoms with E-state index >= 15 is 0 Å². The summed E-state index contributed by atoms with van der Waals surface area (Å²) in [6, 6.07) is 9.05. The molecule has 1 fully saturated rings. The van der Waals surface area contributed by atoms with Crippen molar-refractivity contribution in [2.75, 3.05) is 37.0 Å². The molecule has 7 nitrogen and oxygen atoms in total. The molecule has 2 aromatic rings. The topological polar surface area (TPSA) is 80.8 Å². The quantitative estimate of drug-likeness (QED) is 0.697. The molecule has 1 aliphatic rings. The summed E-state index contributed by atoms with van der Waals surface area (Å²) in [5.74, 6) is -0.213. The average Bonchev–Trinajstić information content (AvgIpc) is 2.77. The summed E-state index contributed by atoms with van der Waals surface area (Å²) in [4.78, 5) is 29.9. The van der Waals surface area contributed by atoms with Crippen molar-refractivity contribution in [3.63, 3.8) is 0 Å². The van der Waals surface area contributed by atoms with Crippen LogP contribution >= 0.6 is 0 Å². The molecule has 31 heavy (non-hydrogen) atoms. The first kappa shape index (κ1) is 22.4. The van der Waals surface area contributed by atoms with E-state index in [2.05, 4.69) is 10.3 Å². The molecule has 0 unspecified atom stereocenters. The van der Waals surface area contributed by atoms with Gasteiger partial charge in [-0.2, -0.15) is 13.2 Å². The molecule has 1 aromatic carbocycles. The largest absolute Gasteiger partial charge is 0.497 e. The van der Waals surface area contributed by atoms with Gasteiger partial charge in [-0.3, -0.25) is 9.59 Å². The fourth-order valence-corrected chi connectivity index (χ4v) is 3.21. The number of carbonyl (C=O) groups excluding carboxylic acids is 2. The third-order valence-corrected chi connectivity index (χ3v) is 4.95. The SMILES string of the molecule is COc1ccc(NC(=O)COC(=O)C2CCN(c3ccc(C(F)(F)F)cn3)CC2)cc1. The molecule has 0 spiro atoms. The van der Waals surface area contributed by atoms with Crippen LogP contribution in [0, 0.1) is 5.92 Å². The Bertz CT molecular complexity index is 894. The number of carbonyl (C=O) groups is 2. The number of hydrogen-bond acceptors (Lipinski definition) is 6. The number of benzene rings is 1. The van der Waals surface area contributed by atoms with E-state index in [1.54, 1.807) is 24.3 Å². The van der Waals surface area contributed by atoms with Crippen molar-refractivity contribution in [3.8, 4) is 5.75 Å². The summed E-state index contributed by atoms with van der Waals surface area (Å²) in [5, 5.41) is 2.63. The van der Waals surface area contributed by atoms with Crippen LogP contribution in [0.15, 0.2) is 42.6 Å². The summed E-state index contributed by atoms with van der Waals surface area (Å²) in [7, 11) is 1.54. The van der Waals surface area contributed by atoms with Crippen LogP contribution in [0.2, 0.25) is 0 Å². The van der Waals surface area contributed by atoms with E-state index in [1.807, 2.05) is 4.90 Å². The van der Waals surface area contributed by atoms with Gasteiger partial charge in [-0.15, -0.1) is 0 Å². The molecular formula is C21H22F3N3O4. The monoisotopic (exact) mass is 437 g/mol. The Balaban J connectivity index is 1.43. The molecule has 0 bridgehead atoms. The van der Waals surface area contributed by atoms with Crippen molar-refractivity contribution >= 4 is 23.4 Å². The molecule has 1 N–H and O–H groups in total. The van der Waals surface area contributed by atoms with Gasteiger partial charge in [0.05, 0.1) is 18.6 Å². The Morgan fingerprint density at radius 2 is 1.81 bits per heavy atom. The van der Waals surface area contributed by atoms with Crippen molar-refractivity contribution in [1.29, 1.82) is 0 Å². The predicted octanol–water partition coefficient (Wildman–Crippen LogP) is 3.51. The molecule has 10 heteroatoms. The first-order valence-electron chi connectivity index (χ1n) is 9.65. The molecule has 1 aromatic heterocycles. The van der Waals surface area contributed by atoms with E-state index in [0.29, 0.717) is 43.2 Å². The fourth-order valence-electron chi connectivity index (χ4n) is 3.21. The molecule has 2 heterocycles. The van der Waals surface area contributed by atoms with E-state index in [0.717, 1.165) is 12.3 Å². The van der Waals surface area contributed by atoms with Crippen molar-refractivity contribution in [2.45, 2.75) is 19.0 Å². The number of nitrogens with one attached hydrogen (secondary N) is 1. The standard InChI is InChI=1S/C21H22F3N3O4/c1-30-17-5-3-16(4-6-17)26-19(28)13-31-20(29)14-8-10-27(11-9-14)18-7-2-15(12-25-18)21(22,23)24/h2-7,12,14H,8-11,13H2,1H3,(H,26,28). The van der Waals surface area contributed by atoms with Crippen LogP contribution in [0.25, 0.3) is 0 Å². The zero-order chi connectivity index (χ0) is 22.4. The van der Waals surface area contributed by atoms with E-state index < -0.39 is 30.2 Å². The van der Waals surface area contributed by atoms with Gasteiger partial charge in [0.1, 0.15) is 11.6 Å². The Morgan fingerprint density at radius 3 is 2.35 bits per heavy atom. The predicted molar refractivity (Wildman–Crippen MR) is 107 cm³/mol. The maximum absolute atomic E-state index is 12.6. The minimum Gasteiger partial charge on any atom is -0.497 e. The van der Waals surface area contributed by atoms with Gasteiger partial charge in [-0.05, 0) is 49.2 Å². The lowest BCUT2D eigenvalue weighted by atomic mass is 9.97. The van der Waals surface area contributed by atoms with Gasteiger partial charge >= 0.3 is 12.1 Å². The smallest absolute Gasteiger partial charge is 0.417 e. The highest BCUT2D eigenvalue weighted by molar-refractivity contribution is 5.93. The molecule has 0 aliphatic carbocycles. The molecule has 3 rings (SSSR count). The Morgan fingerprint density at radius 1 is 1.13 bits per heavy atom. The van der Waals surface area contributed by atoms with Gasteiger partial charge in [-0.1, -0.05) is 0 Å². The lowest BCUT2D eigenvalue weighted by Gasteiger charge is -2.31. The molecular weight excluding hydrogens is 415 g/mol. The minimum absolute atomic E-state index is 0.375. The van der Waals surface area contributed by atoms with Crippen LogP contribution in [0.3, 0.4) is 0 Å². The van der Waals surface area contributed by atoms with Gasteiger partial charge < -0.3 is 19.7 Å². The number of amides is 1. The molecule has 0 radical (unpaired) electrons. The third-order valence-electron chi connectivity index (χ3n) is 4.95. The van der Waals surface area contributed by atoms with Crippen LogP contribution < -0.4 is 15.0 Å². The second kappa shape index (κ2) is 9.67. The van der Waals surface area contributed by atoms with Crippen LogP contribution in [0.5, 0.6) is 5.75 Å². The van der Waals surface area contributed by atoms with Gasteiger partial charge in [0.2, 0.25) is 0 Å². The third kappa shape index (κ3) is 6.09. The first-order chi connectivity index (χ1) is 14.8. The number of piperidine rings is 1. The lowest BCUT2D eigenvalue weighted by Crippen LogP contribution is -2.38. The van der Waals surface area contributed by atoms with Crippen molar-refractivity contribution in [3.05, 3.63) is 48.2 Å². The number of pyridine rings is 1. The zero-order valence-electron chi connectivity index (χ0n) is 16.8. The molecule has 0 saturated carbocycles. The number of alkyl halides is 3. The highest BCUT2D eigenvalue weighted by atomic mass is 19.4. The Hall–Kier alpha value is -3.30. The highest BCUT2D eigenvalue weighted by Crippen LogP contribution is 2.30. The molecule has 166 valence electrons.